The van der Waals surface area contributed by atoms with Crippen molar-refractivity contribution in [1.82, 2.24) is 9.38 Å². The van der Waals surface area contributed by atoms with Crippen LogP contribution in [0.1, 0.15) is 0 Å². The second kappa shape index (κ2) is 4.80. The van der Waals surface area contributed by atoms with E-state index in [4.69, 9.17) is 4.98 Å². The van der Waals surface area contributed by atoms with E-state index >= 15 is 0 Å². The summed E-state index contributed by atoms with van der Waals surface area (Å²) in [4.78, 5) is 18.2. The minimum absolute atomic E-state index is 0.0195. The van der Waals surface area contributed by atoms with Crippen LogP contribution in [0, 0.1) is 0 Å². The predicted molar refractivity (Wildman–Crippen MR) is 110 cm³/mol. The zero-order valence-corrected chi connectivity index (χ0v) is 15.1. The highest BCUT2D eigenvalue weighted by molar-refractivity contribution is 9.10. The Kier molecular flexibility index (Phi) is 2.62. The minimum Gasteiger partial charge on any atom is -0.268 e. The molecule has 6 aromatic rings. The lowest BCUT2D eigenvalue weighted by Crippen LogP contribution is -2.13. The zero-order chi connectivity index (χ0) is 17.4. The summed E-state index contributed by atoms with van der Waals surface area (Å²) in [5.41, 5.74) is 2.43. The third kappa shape index (κ3) is 1.62. The molecule has 0 aliphatic heterocycles. The molecule has 0 atom stereocenters. The molecule has 0 saturated carbocycles. The van der Waals surface area contributed by atoms with Gasteiger partial charge in [0.1, 0.15) is 5.65 Å². The standard InChI is InChI=1S/C22H11BrN2O/c23-17-10-9-16-19-14(17)6-3-7-15(19)21-24-20-13-5-2-1-4-12(13)8-11-18(20)25(21)22(16)26/h1-11H. The summed E-state index contributed by atoms with van der Waals surface area (Å²) < 4.78 is 2.74. The van der Waals surface area contributed by atoms with Crippen LogP contribution in [-0.4, -0.2) is 9.38 Å². The predicted octanol–water partition coefficient (Wildman–Crippen LogP) is 5.51. The number of hydrogen-bond donors (Lipinski definition) is 0. The van der Waals surface area contributed by atoms with E-state index < -0.39 is 0 Å². The average molecular weight is 399 g/mol. The summed E-state index contributed by atoms with van der Waals surface area (Å²) in [5.74, 6) is 0. The Morgan fingerprint density at radius 2 is 1.58 bits per heavy atom. The van der Waals surface area contributed by atoms with Gasteiger partial charge in [-0.3, -0.25) is 9.20 Å². The zero-order valence-electron chi connectivity index (χ0n) is 13.5. The lowest BCUT2D eigenvalue weighted by molar-refractivity contribution is 1.19. The second-order valence-corrected chi connectivity index (χ2v) is 7.41. The molecule has 4 heteroatoms. The second-order valence-electron chi connectivity index (χ2n) is 6.55. The first kappa shape index (κ1) is 14.2. The molecule has 6 rings (SSSR count). The van der Waals surface area contributed by atoms with E-state index in [-0.39, 0.29) is 5.56 Å². The Morgan fingerprint density at radius 1 is 0.769 bits per heavy atom. The summed E-state index contributed by atoms with van der Waals surface area (Å²) in [6.45, 7) is 0. The van der Waals surface area contributed by atoms with Gasteiger partial charge in [0.05, 0.1) is 11.0 Å². The lowest BCUT2D eigenvalue weighted by atomic mass is 10.0. The monoisotopic (exact) mass is 398 g/mol. The molecule has 0 N–H and O–H groups in total. The van der Waals surface area contributed by atoms with Gasteiger partial charge in [0, 0.05) is 26.0 Å². The fourth-order valence-corrected chi connectivity index (χ4v) is 4.52. The average Bonchev–Trinajstić information content (AvgIpc) is 3.08. The molecule has 0 aliphatic carbocycles. The summed E-state index contributed by atoms with van der Waals surface area (Å²) in [7, 11) is 0. The lowest BCUT2D eigenvalue weighted by Gasteiger charge is -2.08. The van der Waals surface area contributed by atoms with E-state index in [9.17, 15) is 4.79 Å². The largest absolute Gasteiger partial charge is 0.268 e. The third-order valence-electron chi connectivity index (χ3n) is 5.21. The maximum absolute atomic E-state index is 13.3. The highest BCUT2D eigenvalue weighted by atomic mass is 79.9. The van der Waals surface area contributed by atoms with Gasteiger partial charge in [-0.2, -0.15) is 0 Å². The fraction of sp³-hybridized carbons (Fsp3) is 0. The first-order chi connectivity index (χ1) is 12.7. The van der Waals surface area contributed by atoms with Crippen molar-refractivity contribution in [3.05, 3.63) is 81.6 Å². The molecular weight excluding hydrogens is 388 g/mol. The molecule has 0 saturated heterocycles. The minimum atomic E-state index is -0.0195. The van der Waals surface area contributed by atoms with Crippen molar-refractivity contribution >= 4 is 64.9 Å². The Balaban J connectivity index is 2.00. The van der Waals surface area contributed by atoms with Gasteiger partial charge in [-0.25, -0.2) is 4.98 Å². The van der Waals surface area contributed by atoms with Crippen LogP contribution in [0.25, 0.3) is 49.0 Å². The van der Waals surface area contributed by atoms with Crippen LogP contribution in [-0.2, 0) is 0 Å². The van der Waals surface area contributed by atoms with Crippen molar-refractivity contribution in [2.45, 2.75) is 0 Å². The van der Waals surface area contributed by atoms with E-state index in [0.717, 1.165) is 53.5 Å². The molecule has 2 heterocycles. The van der Waals surface area contributed by atoms with Gasteiger partial charge in [-0.15, -0.1) is 0 Å². The molecule has 0 bridgehead atoms. The molecule has 0 unspecified atom stereocenters. The van der Waals surface area contributed by atoms with Crippen LogP contribution in [0.4, 0.5) is 0 Å². The molecule has 3 nitrogen and oxygen atoms in total. The molecule has 0 spiro atoms. The number of aromatic nitrogens is 2. The Bertz CT molecular complexity index is 1570. The number of imidazole rings is 1. The Hall–Kier alpha value is -2.98. The van der Waals surface area contributed by atoms with Gasteiger partial charge >= 0.3 is 0 Å². The molecule has 0 radical (unpaired) electrons. The number of rotatable bonds is 0. The quantitative estimate of drug-likeness (QED) is 0.338. The van der Waals surface area contributed by atoms with Crippen LogP contribution < -0.4 is 5.56 Å². The highest BCUT2D eigenvalue weighted by Gasteiger charge is 2.17. The maximum atomic E-state index is 13.3. The number of pyridine rings is 1. The van der Waals surface area contributed by atoms with Crippen LogP contribution in [0.15, 0.2) is 76.0 Å². The Morgan fingerprint density at radius 3 is 2.50 bits per heavy atom. The van der Waals surface area contributed by atoms with Gasteiger partial charge in [0.2, 0.25) is 0 Å². The van der Waals surface area contributed by atoms with Gasteiger partial charge < -0.3 is 0 Å². The van der Waals surface area contributed by atoms with Crippen LogP contribution >= 0.6 is 15.9 Å². The van der Waals surface area contributed by atoms with E-state index in [0.29, 0.717) is 0 Å². The molecule has 0 fully saturated rings. The van der Waals surface area contributed by atoms with Crippen LogP contribution in [0.5, 0.6) is 0 Å². The SMILES string of the molecule is O=c1c2ccc(Br)c3cccc(c32)c2nc3c4ccccc4ccc3n12. The summed E-state index contributed by atoms with van der Waals surface area (Å²) in [5, 5.41) is 5.92. The number of benzene rings is 4. The summed E-state index contributed by atoms with van der Waals surface area (Å²) in [6, 6.07) is 22.1. The number of nitrogens with zero attached hydrogens (tertiary/aromatic N) is 2. The van der Waals surface area contributed by atoms with Crippen molar-refractivity contribution in [1.29, 1.82) is 0 Å². The molecular formula is C22H11BrN2O. The van der Waals surface area contributed by atoms with Crippen molar-refractivity contribution in [2.75, 3.05) is 0 Å². The Labute approximate surface area is 156 Å². The van der Waals surface area contributed by atoms with Crippen molar-refractivity contribution < 1.29 is 0 Å². The van der Waals surface area contributed by atoms with Crippen molar-refractivity contribution in [3.8, 4) is 0 Å². The molecule has 4 aromatic carbocycles. The van der Waals surface area contributed by atoms with E-state index in [2.05, 4.69) is 34.1 Å². The molecule has 0 aliphatic rings. The smallest absolute Gasteiger partial charge is 0.264 e. The first-order valence-electron chi connectivity index (χ1n) is 8.40. The summed E-state index contributed by atoms with van der Waals surface area (Å²) >= 11 is 3.61. The van der Waals surface area contributed by atoms with E-state index in [1.807, 2.05) is 48.5 Å². The van der Waals surface area contributed by atoms with Gasteiger partial charge in [0.25, 0.3) is 5.56 Å². The fourth-order valence-electron chi connectivity index (χ4n) is 4.05. The molecule has 2 aromatic heterocycles. The topological polar surface area (TPSA) is 34.4 Å². The summed E-state index contributed by atoms with van der Waals surface area (Å²) in [6.07, 6.45) is 0. The third-order valence-corrected chi connectivity index (χ3v) is 5.90. The molecule has 26 heavy (non-hydrogen) atoms. The molecule has 122 valence electrons. The number of halogens is 1. The number of fused-ring (bicyclic) bond motifs is 6. The maximum Gasteiger partial charge on any atom is 0.264 e. The van der Waals surface area contributed by atoms with Crippen LogP contribution in [0.3, 0.4) is 0 Å². The normalized spacial score (nSPS) is 12.2. The van der Waals surface area contributed by atoms with Crippen molar-refractivity contribution in [2.24, 2.45) is 0 Å². The van der Waals surface area contributed by atoms with Crippen LogP contribution in [0.2, 0.25) is 0 Å². The van der Waals surface area contributed by atoms with Crippen molar-refractivity contribution in [3.63, 3.8) is 0 Å². The van der Waals surface area contributed by atoms with E-state index in [1.54, 1.807) is 4.40 Å². The van der Waals surface area contributed by atoms with Gasteiger partial charge in [0.15, 0.2) is 0 Å². The van der Waals surface area contributed by atoms with Gasteiger partial charge in [-0.05, 0) is 29.0 Å². The highest BCUT2D eigenvalue weighted by Crippen LogP contribution is 2.34. The van der Waals surface area contributed by atoms with E-state index in [1.165, 1.54) is 0 Å². The number of hydrogen-bond acceptors (Lipinski definition) is 2. The van der Waals surface area contributed by atoms with Gasteiger partial charge in [-0.1, -0.05) is 64.5 Å². The first-order valence-corrected chi connectivity index (χ1v) is 9.20. The molecule has 0 amide bonds.